The van der Waals surface area contributed by atoms with Crippen LogP contribution in [0.5, 0.6) is 5.75 Å². The van der Waals surface area contributed by atoms with Gasteiger partial charge in [-0.25, -0.2) is 13.4 Å². The number of benzene rings is 2. The highest BCUT2D eigenvalue weighted by atomic mass is 32.2. The van der Waals surface area contributed by atoms with Gasteiger partial charge < -0.3 is 9.47 Å². The Bertz CT molecular complexity index is 1390. The van der Waals surface area contributed by atoms with Gasteiger partial charge in [0.15, 0.2) is 5.13 Å². The second-order valence-electron chi connectivity index (χ2n) is 10.5. The molecule has 2 fully saturated rings. The predicted molar refractivity (Wildman–Crippen MR) is 158 cm³/mol. The molecule has 0 saturated carbocycles. The van der Waals surface area contributed by atoms with Gasteiger partial charge in [0.2, 0.25) is 15.9 Å². The highest BCUT2D eigenvalue weighted by molar-refractivity contribution is 7.89. The summed E-state index contributed by atoms with van der Waals surface area (Å²) in [6.07, 6.45) is 1.80. The monoisotopic (exact) mass is 586 g/mol. The average Bonchev–Trinajstić information content (AvgIpc) is 3.44. The molecule has 40 heavy (non-hydrogen) atoms. The topological polar surface area (TPSA) is 92.3 Å². The number of morpholine rings is 1. The van der Waals surface area contributed by atoms with Crippen molar-refractivity contribution < 1.29 is 22.7 Å². The summed E-state index contributed by atoms with van der Waals surface area (Å²) < 4.78 is 39.7. The molecule has 2 aliphatic heterocycles. The van der Waals surface area contributed by atoms with E-state index >= 15 is 0 Å². The van der Waals surface area contributed by atoms with E-state index in [0.29, 0.717) is 38.2 Å². The van der Waals surface area contributed by atoms with E-state index in [9.17, 15) is 13.2 Å². The van der Waals surface area contributed by atoms with Crippen LogP contribution in [-0.2, 0) is 19.6 Å². The molecule has 3 aromatic rings. The van der Waals surface area contributed by atoms with Crippen molar-refractivity contribution in [3.63, 3.8) is 0 Å². The van der Waals surface area contributed by atoms with Crippen molar-refractivity contribution in [2.75, 3.05) is 64.5 Å². The van der Waals surface area contributed by atoms with Crippen LogP contribution in [0.3, 0.4) is 0 Å². The molecule has 0 radical (unpaired) electrons. The summed E-state index contributed by atoms with van der Waals surface area (Å²) in [4.78, 5) is 23.4. The fourth-order valence-corrected chi connectivity index (χ4v) is 8.01. The van der Waals surface area contributed by atoms with Gasteiger partial charge in [0.1, 0.15) is 5.75 Å². The van der Waals surface area contributed by atoms with E-state index in [1.54, 1.807) is 42.7 Å². The maximum absolute atomic E-state index is 14.0. The average molecular weight is 587 g/mol. The first-order valence-corrected chi connectivity index (χ1v) is 16.2. The maximum Gasteiger partial charge on any atom is 0.243 e. The van der Waals surface area contributed by atoms with Crippen LogP contribution in [0.25, 0.3) is 10.2 Å². The number of piperidine rings is 1. The molecule has 3 heterocycles. The zero-order valence-electron chi connectivity index (χ0n) is 23.5. The number of anilines is 1. The molecular formula is C29H38N4O5S2. The number of rotatable bonds is 9. The Morgan fingerprint density at radius 1 is 1.05 bits per heavy atom. The summed E-state index contributed by atoms with van der Waals surface area (Å²) in [5.74, 6) is 0.398. The number of hydrogen-bond acceptors (Lipinski definition) is 8. The number of ether oxygens (including phenoxy) is 2. The van der Waals surface area contributed by atoms with E-state index in [0.717, 1.165) is 65.7 Å². The molecule has 9 nitrogen and oxygen atoms in total. The van der Waals surface area contributed by atoms with Crippen molar-refractivity contribution in [3.8, 4) is 5.75 Å². The Morgan fingerprint density at radius 3 is 2.38 bits per heavy atom. The Morgan fingerprint density at radius 2 is 1.73 bits per heavy atom. The largest absolute Gasteiger partial charge is 0.497 e. The lowest BCUT2D eigenvalue weighted by molar-refractivity contribution is -0.123. The molecule has 0 atom stereocenters. The summed E-state index contributed by atoms with van der Waals surface area (Å²) in [6, 6.07) is 10.6. The third-order valence-corrected chi connectivity index (χ3v) is 11.0. The van der Waals surface area contributed by atoms with Gasteiger partial charge in [-0.05, 0) is 68.5 Å². The van der Waals surface area contributed by atoms with Crippen LogP contribution in [0.15, 0.2) is 41.3 Å². The quantitative estimate of drug-likeness (QED) is 0.373. The number of carbonyl (C=O) groups is 1. The Kier molecular flexibility index (Phi) is 9.06. The Labute approximate surface area is 240 Å². The normalized spacial score (nSPS) is 17.8. The fraction of sp³-hybridized carbons (Fsp3) is 0.517. The number of nitrogens with zero attached hydrogens (tertiary/aromatic N) is 4. The number of aromatic nitrogens is 1. The zero-order valence-corrected chi connectivity index (χ0v) is 25.1. The summed E-state index contributed by atoms with van der Waals surface area (Å²) in [7, 11) is -2.09. The van der Waals surface area contributed by atoms with Crippen LogP contribution < -0.4 is 9.64 Å². The van der Waals surface area contributed by atoms with Crippen LogP contribution in [0.2, 0.25) is 0 Å². The standard InChI is InChI=1S/C29H38N4O5S2/c1-21-5-6-22(2)27-26(21)30-29(39-27)33(14-4-13-31-17-19-38-20-18-31)28(34)23-11-15-32(16-12-23)40(35,36)25-9-7-24(37-3)8-10-25/h5-10,23H,4,11-20H2,1-3H3. The number of carbonyl (C=O) groups excluding carboxylic acids is 1. The van der Waals surface area contributed by atoms with Crippen LogP contribution >= 0.6 is 11.3 Å². The Hall–Kier alpha value is -2.57. The first-order chi connectivity index (χ1) is 19.3. The molecule has 2 aliphatic rings. The van der Waals surface area contributed by atoms with Crippen molar-refractivity contribution >= 4 is 42.6 Å². The van der Waals surface area contributed by atoms with Crippen molar-refractivity contribution in [2.45, 2.75) is 38.0 Å². The third-order valence-electron chi connectivity index (χ3n) is 7.89. The van der Waals surface area contributed by atoms with Crippen molar-refractivity contribution in [1.82, 2.24) is 14.2 Å². The van der Waals surface area contributed by atoms with Gasteiger partial charge >= 0.3 is 0 Å². The smallest absolute Gasteiger partial charge is 0.243 e. The fourth-order valence-electron chi connectivity index (χ4n) is 5.40. The molecule has 0 unspecified atom stereocenters. The van der Waals surface area contributed by atoms with E-state index in [4.69, 9.17) is 14.5 Å². The molecule has 0 bridgehead atoms. The second-order valence-corrected chi connectivity index (χ2v) is 13.4. The van der Waals surface area contributed by atoms with Gasteiger partial charge in [-0.3, -0.25) is 14.6 Å². The second kappa shape index (κ2) is 12.5. The van der Waals surface area contributed by atoms with Crippen molar-refractivity contribution in [1.29, 1.82) is 0 Å². The molecule has 216 valence electrons. The molecule has 0 spiro atoms. The van der Waals surface area contributed by atoms with Crippen LogP contribution in [0, 0.1) is 19.8 Å². The van der Waals surface area contributed by atoms with Crippen LogP contribution in [0.4, 0.5) is 5.13 Å². The minimum absolute atomic E-state index is 0.0397. The van der Waals surface area contributed by atoms with Gasteiger partial charge in [-0.1, -0.05) is 23.5 Å². The summed E-state index contributed by atoms with van der Waals surface area (Å²) >= 11 is 1.57. The van der Waals surface area contributed by atoms with E-state index in [1.807, 2.05) is 4.90 Å². The van der Waals surface area contributed by atoms with Gasteiger partial charge in [0.25, 0.3) is 0 Å². The lowest BCUT2D eigenvalue weighted by Gasteiger charge is -2.33. The predicted octanol–water partition coefficient (Wildman–Crippen LogP) is 4.08. The summed E-state index contributed by atoms with van der Waals surface area (Å²) in [5, 5.41) is 0.729. The number of fused-ring (bicyclic) bond motifs is 1. The van der Waals surface area contributed by atoms with Gasteiger partial charge in [0.05, 0.1) is 35.4 Å². The molecule has 0 aliphatic carbocycles. The van der Waals surface area contributed by atoms with E-state index < -0.39 is 10.0 Å². The first-order valence-electron chi connectivity index (χ1n) is 13.9. The summed E-state index contributed by atoms with van der Waals surface area (Å²) in [6.45, 7) is 9.54. The number of sulfonamides is 1. The van der Waals surface area contributed by atoms with Gasteiger partial charge in [-0.15, -0.1) is 0 Å². The van der Waals surface area contributed by atoms with Crippen LogP contribution in [-0.4, -0.2) is 88.1 Å². The third kappa shape index (κ3) is 6.18. The number of thiazole rings is 1. The molecule has 5 rings (SSSR count). The minimum atomic E-state index is -3.64. The van der Waals surface area contributed by atoms with Crippen molar-refractivity contribution in [2.24, 2.45) is 5.92 Å². The highest BCUT2D eigenvalue weighted by Crippen LogP contribution is 2.35. The van der Waals surface area contributed by atoms with Gasteiger partial charge in [0, 0.05) is 45.2 Å². The lowest BCUT2D eigenvalue weighted by Crippen LogP contribution is -2.45. The van der Waals surface area contributed by atoms with E-state index in [1.165, 1.54) is 4.31 Å². The van der Waals surface area contributed by atoms with E-state index in [2.05, 4.69) is 30.9 Å². The SMILES string of the molecule is COc1ccc(S(=O)(=O)N2CCC(C(=O)N(CCCN3CCOCC3)c3nc4c(C)ccc(C)c4s3)CC2)cc1. The Balaban J connectivity index is 1.31. The maximum atomic E-state index is 14.0. The molecule has 1 amide bonds. The van der Waals surface area contributed by atoms with Gasteiger partial charge in [-0.2, -0.15) is 4.31 Å². The minimum Gasteiger partial charge on any atom is -0.497 e. The van der Waals surface area contributed by atoms with Crippen molar-refractivity contribution in [3.05, 3.63) is 47.5 Å². The summed E-state index contributed by atoms with van der Waals surface area (Å²) in [5.41, 5.74) is 3.20. The first kappa shape index (κ1) is 28.9. The molecule has 11 heteroatoms. The molecular weight excluding hydrogens is 548 g/mol. The number of hydrogen-bond donors (Lipinski definition) is 0. The number of methoxy groups -OCH3 is 1. The zero-order chi connectivity index (χ0) is 28.3. The number of amides is 1. The van der Waals surface area contributed by atoms with E-state index in [-0.39, 0.29) is 16.7 Å². The van der Waals surface area contributed by atoms with Crippen LogP contribution in [0.1, 0.15) is 30.4 Å². The molecule has 2 aromatic carbocycles. The lowest BCUT2D eigenvalue weighted by atomic mass is 9.96. The molecule has 0 N–H and O–H groups in total. The highest BCUT2D eigenvalue weighted by Gasteiger charge is 2.35. The number of aryl methyl sites for hydroxylation is 2. The molecule has 2 saturated heterocycles. The molecule has 1 aromatic heterocycles.